The number of carbonyl (C=O) groups is 4. The van der Waals surface area contributed by atoms with Gasteiger partial charge < -0.3 is 42.6 Å². The molecule has 2 saturated heterocycles. The molecule has 1 unspecified atom stereocenters. The van der Waals surface area contributed by atoms with Gasteiger partial charge in [-0.15, -0.1) is 0 Å². The van der Waals surface area contributed by atoms with Crippen LogP contribution in [0.1, 0.15) is 62.5 Å². The summed E-state index contributed by atoms with van der Waals surface area (Å²) in [5, 5.41) is 8.55. The number of nitrogens with one attached hydrogen (secondary N) is 3. The van der Waals surface area contributed by atoms with Gasteiger partial charge in [-0.25, -0.2) is 4.57 Å². The topological polar surface area (TPSA) is 265 Å². The van der Waals surface area contributed by atoms with Gasteiger partial charge in [-0.05, 0) is 68.2 Å². The molecule has 50 heavy (non-hydrogen) atoms. The first-order chi connectivity index (χ1) is 23.8. The Morgan fingerprint density at radius 2 is 1.66 bits per heavy atom. The lowest BCUT2D eigenvalue weighted by Gasteiger charge is -2.36. The second-order valence-electron chi connectivity index (χ2n) is 12.6. The molecule has 4 amide bonds. The number of guanidine groups is 1. The number of amides is 4. The third-order valence-corrected chi connectivity index (χ3v) is 9.23. The molecule has 11 N–H and O–H groups in total. The van der Waals surface area contributed by atoms with Gasteiger partial charge in [0, 0.05) is 19.1 Å². The van der Waals surface area contributed by atoms with Crippen LogP contribution in [0.3, 0.4) is 0 Å². The highest BCUT2D eigenvalue weighted by Crippen LogP contribution is 2.37. The van der Waals surface area contributed by atoms with Crippen LogP contribution in [-0.2, 0) is 36.7 Å². The number of nitrogens with two attached hydrogens (primary N) is 3. The Kier molecular flexibility index (Phi) is 13.7. The van der Waals surface area contributed by atoms with Gasteiger partial charge >= 0.3 is 7.82 Å². The Hall–Kier alpha value is -4.50. The molecular formula is C33H47N8O8P. The molecule has 2 aromatic rings. The maximum absolute atomic E-state index is 14.0. The van der Waals surface area contributed by atoms with Crippen molar-refractivity contribution in [1.82, 2.24) is 20.9 Å². The number of nitrogens with zero attached hydrogens (tertiary/aromatic N) is 2. The number of benzene rings is 2. The van der Waals surface area contributed by atoms with Crippen molar-refractivity contribution >= 4 is 37.4 Å². The summed E-state index contributed by atoms with van der Waals surface area (Å²) in [6, 6.07) is 11.3. The number of fused-ring (bicyclic) bond motifs is 1. The van der Waals surface area contributed by atoms with Gasteiger partial charge in [0.05, 0.1) is 6.04 Å². The average molecular weight is 715 g/mol. The van der Waals surface area contributed by atoms with E-state index in [9.17, 15) is 23.7 Å². The van der Waals surface area contributed by atoms with Gasteiger partial charge in [0.15, 0.2) is 5.96 Å². The summed E-state index contributed by atoms with van der Waals surface area (Å²) < 4.78 is 15.6. The Balaban J connectivity index is 1.41. The first kappa shape index (κ1) is 38.3. The van der Waals surface area contributed by atoms with Crippen molar-refractivity contribution < 1.29 is 38.1 Å². The van der Waals surface area contributed by atoms with Crippen LogP contribution in [0.2, 0.25) is 0 Å². The van der Waals surface area contributed by atoms with E-state index in [1.54, 1.807) is 4.90 Å². The Bertz CT molecular complexity index is 1550. The molecular weight excluding hydrogens is 667 g/mol. The zero-order chi connectivity index (χ0) is 36.3. The van der Waals surface area contributed by atoms with Crippen LogP contribution < -0.4 is 37.7 Å². The number of phosphoric ester groups is 1. The minimum atomic E-state index is -4.71. The summed E-state index contributed by atoms with van der Waals surface area (Å²) in [7, 11) is -4.71. The summed E-state index contributed by atoms with van der Waals surface area (Å²) >= 11 is 0. The van der Waals surface area contributed by atoms with Crippen molar-refractivity contribution in [2.45, 2.75) is 94.5 Å². The van der Waals surface area contributed by atoms with Gasteiger partial charge in [-0.2, -0.15) is 0 Å². The van der Waals surface area contributed by atoms with Gasteiger partial charge in [0.25, 0.3) is 0 Å². The molecule has 0 spiro atoms. The lowest BCUT2D eigenvalue weighted by atomic mass is 9.98. The van der Waals surface area contributed by atoms with Crippen LogP contribution in [0.25, 0.3) is 0 Å². The van der Waals surface area contributed by atoms with Crippen molar-refractivity contribution in [2.24, 2.45) is 22.2 Å². The summed E-state index contributed by atoms with van der Waals surface area (Å²) in [6.45, 7) is 0.548. The predicted octanol–water partition coefficient (Wildman–Crippen LogP) is 0.301. The fraction of sp³-hybridized carbons (Fsp3) is 0.485. The van der Waals surface area contributed by atoms with Crippen molar-refractivity contribution in [3.05, 3.63) is 65.7 Å². The lowest BCUT2D eigenvalue weighted by molar-refractivity contribution is -0.145. The van der Waals surface area contributed by atoms with Gasteiger partial charge in [-0.3, -0.25) is 34.0 Å². The largest absolute Gasteiger partial charge is 0.524 e. The quantitative estimate of drug-likeness (QED) is 0.0538. The smallest absolute Gasteiger partial charge is 0.404 e. The van der Waals surface area contributed by atoms with E-state index < -0.39 is 43.8 Å². The minimum Gasteiger partial charge on any atom is -0.404 e. The zero-order valence-electron chi connectivity index (χ0n) is 27.8. The van der Waals surface area contributed by atoms with Crippen molar-refractivity contribution in [2.75, 3.05) is 6.54 Å². The molecule has 0 aliphatic carbocycles. The van der Waals surface area contributed by atoms with Crippen LogP contribution >= 0.6 is 7.82 Å². The predicted molar refractivity (Wildman–Crippen MR) is 185 cm³/mol. The van der Waals surface area contributed by atoms with E-state index in [2.05, 4.69) is 25.5 Å². The maximum Gasteiger partial charge on any atom is 0.524 e. The Labute approximate surface area is 290 Å². The SMILES string of the molecule is NC(N)=NCCC[C@H](NC(=O)[C@@H]1CCC2CCCC[C@H](NC(=O)[C@@H](N)Cc3ccc(OP(=O)(O)O)cc3)C(=O)N21)C(=O)NCc1ccccc1. The van der Waals surface area contributed by atoms with Crippen LogP contribution in [-0.4, -0.2) is 81.0 Å². The first-order valence-corrected chi connectivity index (χ1v) is 18.2. The second-order valence-corrected chi connectivity index (χ2v) is 13.8. The van der Waals surface area contributed by atoms with E-state index in [0.29, 0.717) is 37.7 Å². The van der Waals surface area contributed by atoms with Crippen molar-refractivity contribution in [3.8, 4) is 5.75 Å². The first-order valence-electron chi connectivity index (χ1n) is 16.7. The zero-order valence-corrected chi connectivity index (χ0v) is 28.7. The summed E-state index contributed by atoms with van der Waals surface area (Å²) in [5.74, 6) is -1.85. The van der Waals surface area contributed by atoms with Crippen LogP contribution in [0, 0.1) is 0 Å². The van der Waals surface area contributed by atoms with E-state index in [4.69, 9.17) is 27.0 Å². The molecule has 0 bridgehead atoms. The highest BCUT2D eigenvalue weighted by Gasteiger charge is 2.44. The van der Waals surface area contributed by atoms with Crippen LogP contribution in [0.15, 0.2) is 59.6 Å². The van der Waals surface area contributed by atoms with Crippen LogP contribution in [0.4, 0.5) is 0 Å². The molecule has 2 aliphatic rings. The number of hydrogen-bond acceptors (Lipinski definition) is 8. The van der Waals surface area contributed by atoms with E-state index in [1.165, 1.54) is 24.3 Å². The Morgan fingerprint density at radius 3 is 2.34 bits per heavy atom. The van der Waals surface area contributed by atoms with E-state index in [-0.39, 0.29) is 55.5 Å². The van der Waals surface area contributed by atoms with Gasteiger partial charge in [0.2, 0.25) is 23.6 Å². The van der Waals surface area contributed by atoms with Crippen molar-refractivity contribution in [3.63, 3.8) is 0 Å². The third kappa shape index (κ3) is 11.5. The minimum absolute atomic E-state index is 0.0379. The number of phosphoric acid groups is 1. The fourth-order valence-electron chi connectivity index (χ4n) is 6.32. The van der Waals surface area contributed by atoms with E-state index in [0.717, 1.165) is 18.4 Å². The van der Waals surface area contributed by atoms with E-state index in [1.807, 2.05) is 30.3 Å². The molecule has 4 rings (SSSR count). The molecule has 0 aromatic heterocycles. The average Bonchev–Trinajstić information content (AvgIpc) is 3.49. The summed E-state index contributed by atoms with van der Waals surface area (Å²) in [4.78, 5) is 77.8. The lowest BCUT2D eigenvalue weighted by Crippen LogP contribution is -2.59. The molecule has 0 radical (unpaired) electrons. The number of aliphatic imine (C=N–C) groups is 1. The monoisotopic (exact) mass is 714 g/mol. The maximum atomic E-state index is 14.0. The highest BCUT2D eigenvalue weighted by molar-refractivity contribution is 7.46. The highest BCUT2D eigenvalue weighted by atomic mass is 31.2. The molecule has 0 saturated carbocycles. The molecule has 17 heteroatoms. The number of carbonyl (C=O) groups excluding carboxylic acids is 4. The van der Waals surface area contributed by atoms with Gasteiger partial charge in [0.1, 0.15) is 23.9 Å². The van der Waals surface area contributed by atoms with Crippen molar-refractivity contribution in [1.29, 1.82) is 0 Å². The van der Waals surface area contributed by atoms with E-state index >= 15 is 0 Å². The Morgan fingerprint density at radius 1 is 0.960 bits per heavy atom. The molecule has 2 aliphatic heterocycles. The molecule has 16 nitrogen and oxygen atoms in total. The summed E-state index contributed by atoms with van der Waals surface area (Å²) in [5.41, 5.74) is 18.6. The molecule has 2 aromatic carbocycles. The fourth-order valence-corrected chi connectivity index (χ4v) is 6.72. The van der Waals surface area contributed by atoms with Gasteiger partial charge in [-0.1, -0.05) is 55.3 Å². The summed E-state index contributed by atoms with van der Waals surface area (Å²) in [6.07, 6.45) is 4.41. The number of hydrogen-bond donors (Lipinski definition) is 8. The molecule has 2 heterocycles. The number of rotatable bonds is 15. The standard InChI is InChI=1S/C33H47N8O8P/c34-25(19-21-12-15-24(16-13-21)49-50(46,47)48)29(42)40-27-10-5-4-9-23-14-17-28(41(23)32(27)45)31(44)39-26(11-6-18-37-33(35)36)30(43)38-20-22-7-2-1-3-8-22/h1-3,7-8,12-13,15-16,23,25-28H,4-6,9-11,14,17-20,34H2,(H,38,43)(H,39,44)(H,40,42)(H4,35,36,37)(H2,46,47,48)/t23?,25-,26-,27-,28-/m0/s1. The third-order valence-electron chi connectivity index (χ3n) is 8.78. The molecule has 5 atom stereocenters. The van der Waals surface area contributed by atoms with Crippen LogP contribution in [0.5, 0.6) is 5.75 Å². The molecule has 2 fully saturated rings. The second kappa shape index (κ2) is 17.9. The molecule has 272 valence electrons. The normalized spacial score (nSPS) is 20.3.